The van der Waals surface area contributed by atoms with Crippen molar-refractivity contribution >= 4 is 34.4 Å². The van der Waals surface area contributed by atoms with E-state index in [1.165, 1.54) is 9.13 Å². The number of anilines is 2. The lowest BCUT2D eigenvalue weighted by Gasteiger charge is -2.32. The number of aryl methyl sites for hydroxylation is 1. The van der Waals surface area contributed by atoms with Crippen molar-refractivity contribution in [2.45, 2.75) is 19.2 Å². The van der Waals surface area contributed by atoms with Gasteiger partial charge in [0.15, 0.2) is 11.2 Å². The van der Waals surface area contributed by atoms with E-state index in [0.717, 1.165) is 11.3 Å². The van der Waals surface area contributed by atoms with Crippen molar-refractivity contribution in [2.75, 3.05) is 11.4 Å². The molecular formula is C22H20ClN5O3. The number of benzene rings is 2. The van der Waals surface area contributed by atoms with E-state index in [9.17, 15) is 14.7 Å². The number of aliphatic hydroxyl groups is 1. The van der Waals surface area contributed by atoms with Crippen LogP contribution >= 0.6 is 11.6 Å². The molecule has 1 aliphatic heterocycles. The molecular weight excluding hydrogens is 418 g/mol. The highest BCUT2D eigenvalue weighted by atomic mass is 35.5. The zero-order valence-corrected chi connectivity index (χ0v) is 17.5. The van der Waals surface area contributed by atoms with Gasteiger partial charge in [0.1, 0.15) is 0 Å². The van der Waals surface area contributed by atoms with Gasteiger partial charge in [-0.05, 0) is 29.8 Å². The van der Waals surface area contributed by atoms with E-state index >= 15 is 0 Å². The van der Waals surface area contributed by atoms with E-state index in [0.29, 0.717) is 28.7 Å². The number of halogens is 1. The molecule has 8 nitrogen and oxygen atoms in total. The molecule has 4 aromatic rings. The molecule has 158 valence electrons. The molecule has 0 saturated heterocycles. The summed E-state index contributed by atoms with van der Waals surface area (Å²) in [6, 6.07) is 16.6. The Balaban J connectivity index is 1.73. The van der Waals surface area contributed by atoms with Crippen LogP contribution in [0.2, 0.25) is 5.02 Å². The van der Waals surface area contributed by atoms with Gasteiger partial charge in [-0.3, -0.25) is 13.9 Å². The minimum absolute atomic E-state index is 0.0907. The Morgan fingerprint density at radius 2 is 1.87 bits per heavy atom. The lowest BCUT2D eigenvalue weighted by atomic mass is 10.2. The Bertz CT molecular complexity index is 1410. The molecule has 0 bridgehead atoms. The highest BCUT2D eigenvalue weighted by Crippen LogP contribution is 2.30. The van der Waals surface area contributed by atoms with Crippen molar-refractivity contribution in [1.82, 2.24) is 18.7 Å². The summed E-state index contributed by atoms with van der Waals surface area (Å²) in [5.74, 6) is 0.527. The number of hydrogen-bond donors (Lipinski definition) is 1. The molecule has 5 rings (SSSR count). The van der Waals surface area contributed by atoms with Crippen molar-refractivity contribution in [3.8, 4) is 0 Å². The molecule has 0 aliphatic carbocycles. The van der Waals surface area contributed by atoms with Crippen LogP contribution in [-0.4, -0.2) is 36.4 Å². The van der Waals surface area contributed by atoms with Gasteiger partial charge in [0.2, 0.25) is 5.95 Å². The number of rotatable bonds is 3. The van der Waals surface area contributed by atoms with Crippen molar-refractivity contribution < 1.29 is 5.11 Å². The maximum absolute atomic E-state index is 13.4. The second-order valence-electron chi connectivity index (χ2n) is 7.66. The van der Waals surface area contributed by atoms with Gasteiger partial charge in [-0.2, -0.15) is 4.98 Å². The number of β-amino-alcohol motifs (C(OH)–C–C–N with tert-alkyl or cyclic N) is 1. The van der Waals surface area contributed by atoms with Crippen LogP contribution in [0, 0.1) is 0 Å². The van der Waals surface area contributed by atoms with Crippen LogP contribution in [0.5, 0.6) is 0 Å². The third-order valence-electron chi connectivity index (χ3n) is 5.54. The number of para-hydroxylation sites is 1. The van der Waals surface area contributed by atoms with Gasteiger partial charge in [0, 0.05) is 17.8 Å². The summed E-state index contributed by atoms with van der Waals surface area (Å²) >= 11 is 6.07. The van der Waals surface area contributed by atoms with Crippen molar-refractivity contribution in [3.05, 3.63) is 86.0 Å². The van der Waals surface area contributed by atoms with Crippen LogP contribution < -0.4 is 16.1 Å². The maximum Gasteiger partial charge on any atom is 0.332 e. The smallest absolute Gasteiger partial charge is 0.332 e. The van der Waals surface area contributed by atoms with Gasteiger partial charge in [-0.1, -0.05) is 41.9 Å². The zero-order valence-electron chi connectivity index (χ0n) is 16.8. The Morgan fingerprint density at radius 1 is 1.10 bits per heavy atom. The summed E-state index contributed by atoms with van der Waals surface area (Å²) in [5.41, 5.74) is 1.28. The predicted octanol–water partition coefficient (Wildman–Crippen LogP) is 2.11. The first-order valence-corrected chi connectivity index (χ1v) is 10.3. The second kappa shape index (κ2) is 7.40. The molecule has 1 N–H and O–H groups in total. The Kier molecular flexibility index (Phi) is 4.68. The normalized spacial score (nSPS) is 16.0. The standard InChI is InChI=1S/C22H20ClN5O3/c1-25-19-18(20(30)28(22(25)31)11-14-6-5-7-15(23)10-14)27-13-17(29)12-26(21(27)24-19)16-8-3-2-4-9-16/h2-10,17,29H,11-13H2,1H3. The molecule has 1 atom stereocenters. The lowest BCUT2D eigenvalue weighted by molar-refractivity contribution is 0.154. The topological polar surface area (TPSA) is 85.3 Å². The predicted molar refractivity (Wildman–Crippen MR) is 119 cm³/mol. The van der Waals surface area contributed by atoms with Gasteiger partial charge in [-0.25, -0.2) is 4.79 Å². The monoisotopic (exact) mass is 437 g/mol. The highest BCUT2D eigenvalue weighted by molar-refractivity contribution is 6.30. The molecule has 0 spiro atoms. The third-order valence-corrected chi connectivity index (χ3v) is 5.77. The number of imidazole rings is 1. The molecule has 0 saturated carbocycles. The minimum atomic E-state index is -0.692. The Morgan fingerprint density at radius 3 is 2.61 bits per heavy atom. The summed E-state index contributed by atoms with van der Waals surface area (Å²) in [5, 5.41) is 11.1. The molecule has 0 fully saturated rings. The summed E-state index contributed by atoms with van der Waals surface area (Å²) in [4.78, 5) is 32.9. The van der Waals surface area contributed by atoms with Crippen molar-refractivity contribution in [2.24, 2.45) is 7.05 Å². The first kappa shape index (κ1) is 19.6. The summed E-state index contributed by atoms with van der Waals surface area (Å²) in [7, 11) is 1.60. The fourth-order valence-electron chi connectivity index (χ4n) is 4.09. The molecule has 3 heterocycles. The minimum Gasteiger partial charge on any atom is -0.389 e. The average molecular weight is 438 g/mol. The second-order valence-corrected chi connectivity index (χ2v) is 8.09. The van der Waals surface area contributed by atoms with Crippen molar-refractivity contribution in [1.29, 1.82) is 0 Å². The number of nitrogens with zero attached hydrogens (tertiary/aromatic N) is 5. The van der Waals surface area contributed by atoms with Gasteiger partial charge in [-0.15, -0.1) is 0 Å². The van der Waals surface area contributed by atoms with Crippen LogP contribution in [0.4, 0.5) is 11.6 Å². The van der Waals surface area contributed by atoms with E-state index in [1.54, 1.807) is 29.8 Å². The Hall–Kier alpha value is -3.36. The van der Waals surface area contributed by atoms with Crippen LogP contribution in [0.1, 0.15) is 5.56 Å². The van der Waals surface area contributed by atoms with Crippen LogP contribution in [0.25, 0.3) is 11.2 Å². The average Bonchev–Trinajstić information content (AvgIpc) is 3.15. The molecule has 9 heteroatoms. The van der Waals surface area contributed by atoms with Crippen LogP contribution in [-0.2, 0) is 20.1 Å². The van der Waals surface area contributed by atoms with Crippen molar-refractivity contribution in [3.63, 3.8) is 0 Å². The molecule has 0 radical (unpaired) electrons. The van der Waals surface area contributed by atoms with Crippen LogP contribution in [0.3, 0.4) is 0 Å². The number of hydrogen-bond acceptors (Lipinski definition) is 5. The summed E-state index contributed by atoms with van der Waals surface area (Å²) in [6.07, 6.45) is -0.692. The van der Waals surface area contributed by atoms with E-state index in [1.807, 2.05) is 41.3 Å². The first-order valence-electron chi connectivity index (χ1n) is 9.89. The Labute approximate surface area is 182 Å². The van der Waals surface area contributed by atoms with Gasteiger partial charge >= 0.3 is 5.69 Å². The lowest BCUT2D eigenvalue weighted by Crippen LogP contribution is -2.41. The first-order chi connectivity index (χ1) is 14.9. The molecule has 2 aromatic heterocycles. The largest absolute Gasteiger partial charge is 0.389 e. The number of aliphatic hydroxyl groups excluding tert-OH is 1. The van der Waals surface area contributed by atoms with Gasteiger partial charge < -0.3 is 14.6 Å². The van der Waals surface area contributed by atoms with Crippen LogP contribution in [0.15, 0.2) is 64.2 Å². The highest BCUT2D eigenvalue weighted by Gasteiger charge is 2.30. The molecule has 31 heavy (non-hydrogen) atoms. The van der Waals surface area contributed by atoms with E-state index in [4.69, 9.17) is 11.6 Å². The van der Waals surface area contributed by atoms with E-state index in [-0.39, 0.29) is 13.1 Å². The quantitative estimate of drug-likeness (QED) is 0.530. The number of fused-ring (bicyclic) bond motifs is 3. The van der Waals surface area contributed by atoms with Gasteiger partial charge in [0.05, 0.1) is 25.7 Å². The van der Waals surface area contributed by atoms with E-state index in [2.05, 4.69) is 4.98 Å². The molecule has 1 aliphatic rings. The summed E-state index contributed by atoms with van der Waals surface area (Å²) < 4.78 is 4.26. The fourth-order valence-corrected chi connectivity index (χ4v) is 4.30. The summed E-state index contributed by atoms with van der Waals surface area (Å²) in [6.45, 7) is 0.658. The number of aromatic nitrogens is 4. The fraction of sp³-hybridized carbons (Fsp3) is 0.227. The third kappa shape index (κ3) is 3.24. The molecule has 0 amide bonds. The SMILES string of the molecule is Cn1c(=O)n(Cc2cccc(Cl)c2)c(=O)c2c1nc1n2CC(O)CN1c1ccccc1. The molecule has 2 aromatic carbocycles. The van der Waals surface area contributed by atoms with E-state index < -0.39 is 17.4 Å². The van der Waals surface area contributed by atoms with Gasteiger partial charge in [0.25, 0.3) is 5.56 Å². The maximum atomic E-state index is 13.4. The zero-order chi connectivity index (χ0) is 21.7. The molecule has 1 unspecified atom stereocenters.